The number of benzene rings is 1. The lowest BCUT2D eigenvalue weighted by molar-refractivity contribution is 0.0691. The van der Waals surface area contributed by atoms with E-state index in [1.807, 2.05) is 6.92 Å². The fourth-order valence-corrected chi connectivity index (χ4v) is 1.60. The summed E-state index contributed by atoms with van der Waals surface area (Å²) < 4.78 is 1.60. The number of Topliss-reactive ketones (excluding diaryl/α,β-unsaturated/α-hetero) is 1. The maximum Gasteiger partial charge on any atom is 0.356 e. The first kappa shape index (κ1) is 12.0. The third-order valence-electron chi connectivity index (χ3n) is 2.61. The average Bonchev–Trinajstić information content (AvgIpc) is 2.88. The van der Waals surface area contributed by atoms with Crippen LogP contribution in [0.15, 0.2) is 36.8 Å². The molecule has 5 heteroatoms. The molecule has 0 unspecified atom stereocenters. The van der Waals surface area contributed by atoms with Gasteiger partial charge in [-0.05, 0) is 24.3 Å². The molecule has 2 rings (SSSR count). The van der Waals surface area contributed by atoms with Crippen molar-refractivity contribution in [1.82, 2.24) is 9.55 Å². The van der Waals surface area contributed by atoms with Gasteiger partial charge >= 0.3 is 5.97 Å². The number of rotatable bonds is 4. The number of imidazole rings is 1. The zero-order chi connectivity index (χ0) is 13.1. The molecule has 0 aliphatic carbocycles. The largest absolute Gasteiger partial charge is 0.476 e. The first-order valence-electron chi connectivity index (χ1n) is 5.52. The second-order valence-corrected chi connectivity index (χ2v) is 3.79. The standard InChI is InChI=1S/C13H12N2O3/c1-2-12(16)9-3-5-10(6-4-9)15-7-11(13(17)18)14-8-15/h3-8H,2H2,1H3,(H,17,18). The lowest BCUT2D eigenvalue weighted by Gasteiger charge is -2.03. The zero-order valence-electron chi connectivity index (χ0n) is 9.83. The molecule has 1 N–H and O–H groups in total. The first-order chi connectivity index (χ1) is 8.61. The number of nitrogens with zero attached hydrogens (tertiary/aromatic N) is 2. The maximum atomic E-state index is 11.5. The van der Waals surface area contributed by atoms with Crippen LogP contribution in [0.2, 0.25) is 0 Å². The zero-order valence-corrected chi connectivity index (χ0v) is 9.83. The summed E-state index contributed by atoms with van der Waals surface area (Å²) in [7, 11) is 0. The predicted octanol–water partition coefficient (Wildman–Crippen LogP) is 2.16. The molecule has 1 aromatic heterocycles. The van der Waals surface area contributed by atoms with Gasteiger partial charge in [-0.15, -0.1) is 0 Å². The van der Waals surface area contributed by atoms with Gasteiger partial charge in [0.15, 0.2) is 11.5 Å². The molecule has 0 amide bonds. The quantitative estimate of drug-likeness (QED) is 0.836. The molecular weight excluding hydrogens is 232 g/mol. The lowest BCUT2D eigenvalue weighted by atomic mass is 10.1. The molecular formula is C13H12N2O3. The highest BCUT2D eigenvalue weighted by Gasteiger charge is 2.08. The van der Waals surface area contributed by atoms with E-state index in [9.17, 15) is 9.59 Å². The van der Waals surface area contributed by atoms with Crippen LogP contribution in [-0.4, -0.2) is 26.4 Å². The smallest absolute Gasteiger partial charge is 0.356 e. The molecule has 18 heavy (non-hydrogen) atoms. The summed E-state index contributed by atoms with van der Waals surface area (Å²) in [5.41, 5.74) is 1.41. The van der Waals surface area contributed by atoms with Crippen molar-refractivity contribution >= 4 is 11.8 Å². The molecule has 0 atom stereocenters. The first-order valence-corrected chi connectivity index (χ1v) is 5.52. The van der Waals surface area contributed by atoms with E-state index in [1.165, 1.54) is 12.5 Å². The lowest BCUT2D eigenvalue weighted by Crippen LogP contribution is -1.98. The Labute approximate surface area is 104 Å². The summed E-state index contributed by atoms with van der Waals surface area (Å²) >= 11 is 0. The fourth-order valence-electron chi connectivity index (χ4n) is 1.60. The normalized spacial score (nSPS) is 10.3. The molecule has 0 bridgehead atoms. The van der Waals surface area contributed by atoms with Gasteiger partial charge in [0.05, 0.1) is 0 Å². The van der Waals surface area contributed by atoms with Gasteiger partial charge in [0, 0.05) is 23.9 Å². The molecule has 1 heterocycles. The highest BCUT2D eigenvalue weighted by molar-refractivity contribution is 5.96. The summed E-state index contributed by atoms with van der Waals surface area (Å²) in [6, 6.07) is 6.97. The Morgan fingerprint density at radius 1 is 1.28 bits per heavy atom. The van der Waals surface area contributed by atoms with E-state index in [0.29, 0.717) is 12.0 Å². The second kappa shape index (κ2) is 4.83. The van der Waals surface area contributed by atoms with E-state index in [4.69, 9.17) is 5.11 Å². The minimum atomic E-state index is -1.06. The summed E-state index contributed by atoms with van der Waals surface area (Å²) in [5.74, 6) is -0.982. The topological polar surface area (TPSA) is 72.2 Å². The van der Waals surface area contributed by atoms with Crippen molar-refractivity contribution in [3.63, 3.8) is 0 Å². The summed E-state index contributed by atoms with van der Waals surface area (Å²) in [4.78, 5) is 25.9. The third-order valence-corrected chi connectivity index (χ3v) is 2.61. The molecule has 0 spiro atoms. The van der Waals surface area contributed by atoms with Crippen molar-refractivity contribution < 1.29 is 14.7 Å². The molecule has 0 saturated carbocycles. The number of aromatic nitrogens is 2. The summed E-state index contributed by atoms with van der Waals surface area (Å²) in [5, 5.41) is 8.77. The molecule has 0 saturated heterocycles. The SMILES string of the molecule is CCC(=O)c1ccc(-n2cnc(C(=O)O)c2)cc1. The van der Waals surface area contributed by atoms with Gasteiger partial charge in [0.2, 0.25) is 0 Å². The van der Waals surface area contributed by atoms with E-state index in [1.54, 1.807) is 28.8 Å². The maximum absolute atomic E-state index is 11.5. The fraction of sp³-hybridized carbons (Fsp3) is 0.154. The van der Waals surface area contributed by atoms with Crippen molar-refractivity contribution in [2.75, 3.05) is 0 Å². The molecule has 5 nitrogen and oxygen atoms in total. The Morgan fingerprint density at radius 2 is 1.94 bits per heavy atom. The van der Waals surface area contributed by atoms with Crippen LogP contribution in [0.5, 0.6) is 0 Å². The third kappa shape index (κ3) is 2.29. The predicted molar refractivity (Wildman–Crippen MR) is 65.1 cm³/mol. The number of ketones is 1. The van der Waals surface area contributed by atoms with Gasteiger partial charge in [-0.25, -0.2) is 9.78 Å². The van der Waals surface area contributed by atoms with Gasteiger partial charge < -0.3 is 9.67 Å². The second-order valence-electron chi connectivity index (χ2n) is 3.79. The van der Waals surface area contributed by atoms with E-state index < -0.39 is 5.97 Å². The van der Waals surface area contributed by atoms with Gasteiger partial charge in [0.1, 0.15) is 6.33 Å². The summed E-state index contributed by atoms with van der Waals surface area (Å²) in [6.45, 7) is 1.81. The average molecular weight is 244 g/mol. The van der Waals surface area contributed by atoms with Gasteiger partial charge in [-0.2, -0.15) is 0 Å². The van der Waals surface area contributed by atoms with Crippen LogP contribution in [0.3, 0.4) is 0 Å². The Morgan fingerprint density at radius 3 is 2.44 bits per heavy atom. The van der Waals surface area contributed by atoms with Crippen molar-refractivity contribution in [3.05, 3.63) is 48.0 Å². The number of carbonyl (C=O) groups is 2. The van der Waals surface area contributed by atoms with Crippen molar-refractivity contribution in [2.24, 2.45) is 0 Å². The molecule has 2 aromatic rings. The highest BCUT2D eigenvalue weighted by atomic mass is 16.4. The number of hydrogen-bond acceptors (Lipinski definition) is 3. The number of carbonyl (C=O) groups excluding carboxylic acids is 1. The van der Waals surface area contributed by atoms with Crippen LogP contribution in [0.25, 0.3) is 5.69 Å². The Balaban J connectivity index is 2.28. The monoisotopic (exact) mass is 244 g/mol. The molecule has 0 radical (unpaired) electrons. The van der Waals surface area contributed by atoms with Gasteiger partial charge in [-0.3, -0.25) is 4.79 Å². The minimum absolute atomic E-state index is 0.0105. The van der Waals surface area contributed by atoms with Crippen LogP contribution in [0.4, 0.5) is 0 Å². The van der Waals surface area contributed by atoms with E-state index in [0.717, 1.165) is 5.69 Å². The van der Waals surface area contributed by atoms with Crippen molar-refractivity contribution in [1.29, 1.82) is 0 Å². The van der Waals surface area contributed by atoms with Gasteiger partial charge in [-0.1, -0.05) is 6.92 Å². The molecule has 0 aliphatic rings. The van der Waals surface area contributed by atoms with Crippen LogP contribution < -0.4 is 0 Å². The Hall–Kier alpha value is -2.43. The van der Waals surface area contributed by atoms with E-state index >= 15 is 0 Å². The molecule has 0 fully saturated rings. The minimum Gasteiger partial charge on any atom is -0.476 e. The van der Waals surface area contributed by atoms with Crippen LogP contribution in [0, 0.1) is 0 Å². The van der Waals surface area contributed by atoms with Crippen LogP contribution in [0.1, 0.15) is 34.2 Å². The van der Waals surface area contributed by atoms with Crippen LogP contribution >= 0.6 is 0 Å². The van der Waals surface area contributed by atoms with Crippen molar-refractivity contribution in [2.45, 2.75) is 13.3 Å². The van der Waals surface area contributed by atoms with Crippen molar-refractivity contribution in [3.8, 4) is 5.69 Å². The molecule has 1 aromatic carbocycles. The number of aromatic carboxylic acids is 1. The Kier molecular flexibility index (Phi) is 3.23. The van der Waals surface area contributed by atoms with E-state index in [2.05, 4.69) is 4.98 Å². The summed E-state index contributed by atoms with van der Waals surface area (Å²) in [6.07, 6.45) is 3.33. The number of hydrogen-bond donors (Lipinski definition) is 1. The Bertz CT molecular complexity index is 585. The van der Waals surface area contributed by atoms with Gasteiger partial charge in [0.25, 0.3) is 0 Å². The molecule has 0 aliphatic heterocycles. The highest BCUT2D eigenvalue weighted by Crippen LogP contribution is 2.12. The van der Waals surface area contributed by atoms with Crippen LogP contribution in [-0.2, 0) is 0 Å². The number of carboxylic acid groups (broad SMARTS) is 1. The van der Waals surface area contributed by atoms with E-state index in [-0.39, 0.29) is 11.5 Å². The molecule has 92 valence electrons. The number of carboxylic acids is 1.